The Balaban J connectivity index is 2.22. The standard InChI is InChI=1S/C14H10FN3O2/c1-8-2-4-10(15)13(6-8)18-12-5-3-9(14(19)20)7-11(12)16-17-18/h2-7H,1H3,(H,19,20). The Morgan fingerprint density at radius 2 is 2.05 bits per heavy atom. The number of rotatable bonds is 2. The molecule has 0 amide bonds. The monoisotopic (exact) mass is 271 g/mol. The molecule has 2 aromatic carbocycles. The molecular weight excluding hydrogens is 261 g/mol. The van der Waals surface area contributed by atoms with E-state index in [1.165, 1.54) is 22.9 Å². The molecule has 6 heteroatoms. The molecule has 1 aromatic heterocycles. The Bertz CT molecular complexity index is 826. The first-order valence-corrected chi connectivity index (χ1v) is 5.91. The summed E-state index contributed by atoms with van der Waals surface area (Å²) >= 11 is 0. The molecular formula is C14H10FN3O2. The van der Waals surface area contributed by atoms with Crippen LogP contribution in [0.15, 0.2) is 36.4 Å². The van der Waals surface area contributed by atoms with Gasteiger partial charge in [-0.1, -0.05) is 11.3 Å². The topological polar surface area (TPSA) is 68.0 Å². The summed E-state index contributed by atoms with van der Waals surface area (Å²) in [7, 11) is 0. The van der Waals surface area contributed by atoms with Crippen LogP contribution in [0.3, 0.4) is 0 Å². The zero-order valence-electron chi connectivity index (χ0n) is 10.5. The summed E-state index contributed by atoms with van der Waals surface area (Å²) in [6, 6.07) is 9.12. The number of hydrogen-bond acceptors (Lipinski definition) is 3. The van der Waals surface area contributed by atoms with Gasteiger partial charge in [-0.3, -0.25) is 0 Å². The van der Waals surface area contributed by atoms with Crippen LogP contribution in [0.1, 0.15) is 15.9 Å². The molecule has 3 aromatic rings. The molecule has 0 aliphatic rings. The summed E-state index contributed by atoms with van der Waals surface area (Å²) in [5.41, 5.74) is 2.27. The van der Waals surface area contributed by atoms with Crippen molar-refractivity contribution in [1.29, 1.82) is 0 Å². The van der Waals surface area contributed by atoms with Gasteiger partial charge in [-0.15, -0.1) is 5.10 Å². The van der Waals surface area contributed by atoms with Crippen molar-refractivity contribution in [2.75, 3.05) is 0 Å². The van der Waals surface area contributed by atoms with Gasteiger partial charge in [0.25, 0.3) is 0 Å². The minimum atomic E-state index is -1.04. The van der Waals surface area contributed by atoms with Gasteiger partial charge in [0, 0.05) is 0 Å². The average molecular weight is 271 g/mol. The first-order chi connectivity index (χ1) is 9.56. The highest BCUT2D eigenvalue weighted by atomic mass is 19.1. The third-order valence-electron chi connectivity index (χ3n) is 3.02. The Kier molecular flexibility index (Phi) is 2.71. The molecule has 0 spiro atoms. The van der Waals surface area contributed by atoms with Crippen LogP contribution in [0.25, 0.3) is 16.7 Å². The fourth-order valence-electron chi connectivity index (χ4n) is 2.02. The second-order valence-corrected chi connectivity index (χ2v) is 4.46. The van der Waals surface area contributed by atoms with Gasteiger partial charge in [0.05, 0.1) is 11.1 Å². The number of hydrogen-bond donors (Lipinski definition) is 1. The summed E-state index contributed by atoms with van der Waals surface area (Å²) in [6.45, 7) is 1.85. The Morgan fingerprint density at radius 3 is 2.80 bits per heavy atom. The number of carbonyl (C=O) groups is 1. The second kappa shape index (κ2) is 4.41. The Morgan fingerprint density at radius 1 is 1.25 bits per heavy atom. The van der Waals surface area contributed by atoms with E-state index in [1.54, 1.807) is 18.2 Å². The quantitative estimate of drug-likeness (QED) is 0.777. The number of aryl methyl sites for hydroxylation is 1. The fraction of sp³-hybridized carbons (Fsp3) is 0.0714. The zero-order chi connectivity index (χ0) is 14.3. The van der Waals surface area contributed by atoms with Crippen LogP contribution >= 0.6 is 0 Å². The van der Waals surface area contributed by atoms with E-state index in [1.807, 2.05) is 6.92 Å². The molecule has 20 heavy (non-hydrogen) atoms. The van der Waals surface area contributed by atoms with Gasteiger partial charge >= 0.3 is 5.97 Å². The minimum absolute atomic E-state index is 0.120. The lowest BCUT2D eigenvalue weighted by Crippen LogP contribution is -2.01. The van der Waals surface area contributed by atoms with E-state index >= 15 is 0 Å². The molecule has 100 valence electrons. The number of aromatic carboxylic acids is 1. The second-order valence-electron chi connectivity index (χ2n) is 4.46. The molecule has 3 rings (SSSR count). The van der Waals surface area contributed by atoms with E-state index in [4.69, 9.17) is 5.11 Å². The SMILES string of the molecule is Cc1ccc(F)c(-n2nnc3cc(C(=O)O)ccc32)c1. The maximum absolute atomic E-state index is 13.9. The first kappa shape index (κ1) is 12.3. The summed E-state index contributed by atoms with van der Waals surface area (Å²) < 4.78 is 15.2. The van der Waals surface area contributed by atoms with Crippen LogP contribution in [0.4, 0.5) is 4.39 Å². The average Bonchev–Trinajstić information content (AvgIpc) is 2.84. The van der Waals surface area contributed by atoms with Crippen LogP contribution in [0.5, 0.6) is 0 Å². The zero-order valence-corrected chi connectivity index (χ0v) is 10.5. The van der Waals surface area contributed by atoms with Crippen molar-refractivity contribution in [1.82, 2.24) is 15.0 Å². The lowest BCUT2D eigenvalue weighted by Gasteiger charge is -2.05. The largest absolute Gasteiger partial charge is 0.478 e. The third-order valence-corrected chi connectivity index (χ3v) is 3.02. The number of aromatic nitrogens is 3. The van der Waals surface area contributed by atoms with Gasteiger partial charge in [-0.2, -0.15) is 0 Å². The number of benzene rings is 2. The summed E-state index contributed by atoms with van der Waals surface area (Å²) in [4.78, 5) is 10.9. The van der Waals surface area contributed by atoms with E-state index in [-0.39, 0.29) is 11.3 Å². The minimum Gasteiger partial charge on any atom is -0.478 e. The fourth-order valence-corrected chi connectivity index (χ4v) is 2.02. The highest BCUT2D eigenvalue weighted by Crippen LogP contribution is 2.20. The van der Waals surface area contributed by atoms with Crippen molar-refractivity contribution in [2.45, 2.75) is 6.92 Å². The first-order valence-electron chi connectivity index (χ1n) is 5.91. The molecule has 0 atom stereocenters. The molecule has 0 fully saturated rings. The Labute approximate surface area is 113 Å². The number of carboxylic acids is 1. The van der Waals surface area contributed by atoms with Gasteiger partial charge in [-0.25, -0.2) is 13.9 Å². The highest BCUT2D eigenvalue weighted by Gasteiger charge is 2.13. The van der Waals surface area contributed by atoms with Crippen molar-refractivity contribution < 1.29 is 14.3 Å². The summed E-state index contributed by atoms with van der Waals surface area (Å²) in [6.07, 6.45) is 0. The number of halogens is 1. The number of fused-ring (bicyclic) bond motifs is 1. The third kappa shape index (κ3) is 1.91. The molecule has 0 aliphatic heterocycles. The van der Waals surface area contributed by atoms with Gasteiger partial charge < -0.3 is 5.11 Å². The maximum atomic E-state index is 13.9. The van der Waals surface area contributed by atoms with Gasteiger partial charge in [-0.05, 0) is 42.8 Å². The van der Waals surface area contributed by atoms with Crippen molar-refractivity contribution in [3.05, 3.63) is 53.3 Å². The highest BCUT2D eigenvalue weighted by molar-refractivity contribution is 5.92. The molecule has 5 nitrogen and oxygen atoms in total. The van der Waals surface area contributed by atoms with Gasteiger partial charge in [0.2, 0.25) is 0 Å². The summed E-state index contributed by atoms with van der Waals surface area (Å²) in [5.74, 6) is -1.45. The van der Waals surface area contributed by atoms with E-state index in [9.17, 15) is 9.18 Å². The molecule has 1 heterocycles. The predicted molar refractivity (Wildman–Crippen MR) is 70.5 cm³/mol. The molecule has 1 N–H and O–H groups in total. The predicted octanol–water partition coefficient (Wildman–Crippen LogP) is 2.57. The normalized spacial score (nSPS) is 10.9. The van der Waals surface area contributed by atoms with Crippen LogP contribution in [0.2, 0.25) is 0 Å². The van der Waals surface area contributed by atoms with Crippen LogP contribution < -0.4 is 0 Å². The van der Waals surface area contributed by atoms with Crippen LogP contribution in [0, 0.1) is 12.7 Å². The molecule has 0 saturated heterocycles. The van der Waals surface area contributed by atoms with Crippen molar-refractivity contribution >= 4 is 17.0 Å². The van der Waals surface area contributed by atoms with Crippen molar-refractivity contribution in [3.8, 4) is 5.69 Å². The van der Waals surface area contributed by atoms with Gasteiger partial charge in [0.1, 0.15) is 17.0 Å². The van der Waals surface area contributed by atoms with Crippen molar-refractivity contribution in [2.24, 2.45) is 0 Å². The molecule has 0 aliphatic carbocycles. The molecule has 0 bridgehead atoms. The summed E-state index contributed by atoms with van der Waals surface area (Å²) in [5, 5.41) is 16.7. The van der Waals surface area contributed by atoms with Crippen molar-refractivity contribution in [3.63, 3.8) is 0 Å². The lowest BCUT2D eigenvalue weighted by molar-refractivity contribution is 0.0697. The van der Waals surface area contributed by atoms with E-state index in [2.05, 4.69) is 10.3 Å². The van der Waals surface area contributed by atoms with Crippen LogP contribution in [-0.4, -0.2) is 26.1 Å². The smallest absolute Gasteiger partial charge is 0.335 e. The number of nitrogens with zero attached hydrogens (tertiary/aromatic N) is 3. The van der Waals surface area contributed by atoms with Gasteiger partial charge in [0.15, 0.2) is 0 Å². The molecule has 0 saturated carbocycles. The molecule has 0 unspecified atom stereocenters. The maximum Gasteiger partial charge on any atom is 0.335 e. The lowest BCUT2D eigenvalue weighted by atomic mass is 10.2. The molecule has 0 radical (unpaired) electrons. The van der Waals surface area contributed by atoms with E-state index in [0.29, 0.717) is 11.0 Å². The van der Waals surface area contributed by atoms with Crippen LogP contribution in [-0.2, 0) is 0 Å². The Hall–Kier alpha value is -2.76. The van der Waals surface area contributed by atoms with E-state index in [0.717, 1.165) is 5.56 Å². The van der Waals surface area contributed by atoms with E-state index < -0.39 is 11.8 Å². The number of carboxylic acid groups (broad SMARTS) is 1.